The minimum absolute atomic E-state index is 0.0577. The van der Waals surface area contributed by atoms with Crippen LogP contribution in [0.5, 0.6) is 5.75 Å². The molecule has 3 N–H and O–H groups in total. The number of phenols is 1. The standard InChI is InChI=1S/C43H39N3O4/c1-29-15-18-35-27-31(26-30-16-19-33(20-17-30)32-9-4-2-5-10-32)28-39(48)43(46-42(38(35)25-29)34-21-23-37(47)24-22-34)45-41(50)14-8-13-40(49)44-36-11-6-3-7-12-36/h2-7,9-12,15-25,27,43,47H,8,13-14,26,28H2,1H3,(H,44,49)(H,45,50)/b31-27+,46-42-. The number of carbonyl (C=O) groups excluding carboxylic acids is 3. The Kier molecular flexibility index (Phi) is 10.7. The van der Waals surface area contributed by atoms with E-state index < -0.39 is 6.17 Å². The van der Waals surface area contributed by atoms with Crippen LogP contribution in [0.4, 0.5) is 5.69 Å². The van der Waals surface area contributed by atoms with Crippen molar-refractivity contribution in [1.29, 1.82) is 0 Å². The molecule has 0 bridgehead atoms. The zero-order valence-corrected chi connectivity index (χ0v) is 27.9. The number of rotatable bonds is 10. The number of anilines is 1. The first-order valence-electron chi connectivity index (χ1n) is 16.8. The number of allylic oxidation sites excluding steroid dienone is 1. The molecule has 1 heterocycles. The summed E-state index contributed by atoms with van der Waals surface area (Å²) in [4.78, 5) is 44.7. The van der Waals surface area contributed by atoms with Gasteiger partial charge in [0.15, 0.2) is 11.9 Å². The molecule has 1 atom stereocenters. The van der Waals surface area contributed by atoms with E-state index in [1.165, 1.54) is 0 Å². The first kappa shape index (κ1) is 33.8. The Bertz CT molecular complexity index is 2030. The van der Waals surface area contributed by atoms with E-state index in [0.29, 0.717) is 29.8 Å². The Hall–Kier alpha value is -6.08. The summed E-state index contributed by atoms with van der Waals surface area (Å²) < 4.78 is 0. The highest BCUT2D eigenvalue weighted by atomic mass is 16.3. The molecule has 50 heavy (non-hydrogen) atoms. The average Bonchev–Trinajstić information content (AvgIpc) is 3.17. The van der Waals surface area contributed by atoms with Crippen LogP contribution < -0.4 is 10.6 Å². The molecule has 0 saturated carbocycles. The summed E-state index contributed by atoms with van der Waals surface area (Å²) in [6.45, 7) is 2.00. The number of aromatic hydroxyl groups is 1. The van der Waals surface area contributed by atoms with E-state index in [1.54, 1.807) is 36.4 Å². The number of hydrogen-bond donors (Lipinski definition) is 3. The van der Waals surface area contributed by atoms with E-state index in [4.69, 9.17) is 4.99 Å². The predicted octanol–water partition coefficient (Wildman–Crippen LogP) is 8.06. The topological polar surface area (TPSA) is 108 Å². The van der Waals surface area contributed by atoms with Crippen molar-refractivity contribution in [1.82, 2.24) is 5.32 Å². The van der Waals surface area contributed by atoms with Gasteiger partial charge < -0.3 is 15.7 Å². The molecule has 2 amide bonds. The summed E-state index contributed by atoms with van der Waals surface area (Å²) in [5, 5.41) is 15.7. The van der Waals surface area contributed by atoms with Crippen molar-refractivity contribution in [2.45, 2.75) is 45.2 Å². The normalized spacial score (nSPS) is 16.3. The number of aryl methyl sites for hydroxylation is 1. The summed E-state index contributed by atoms with van der Waals surface area (Å²) in [6.07, 6.45) is 2.06. The van der Waals surface area contributed by atoms with Crippen LogP contribution in [0.2, 0.25) is 0 Å². The number of aliphatic imine (C=N–C) groups is 1. The summed E-state index contributed by atoms with van der Waals surface area (Å²) in [5.74, 6) is -0.683. The molecule has 1 unspecified atom stereocenters. The first-order valence-corrected chi connectivity index (χ1v) is 16.8. The highest BCUT2D eigenvalue weighted by Crippen LogP contribution is 2.27. The van der Waals surface area contributed by atoms with Gasteiger partial charge in [-0.3, -0.25) is 19.4 Å². The number of hydrogen-bond acceptors (Lipinski definition) is 5. The van der Waals surface area contributed by atoms with Crippen LogP contribution in [-0.4, -0.2) is 34.6 Å². The van der Waals surface area contributed by atoms with Crippen LogP contribution in [0.15, 0.2) is 138 Å². The van der Waals surface area contributed by atoms with Gasteiger partial charge in [-0.1, -0.05) is 102 Å². The fraction of sp³-hybridized carbons (Fsp3) is 0.163. The number of Topliss-reactive ketones (excluding diaryl/α,β-unsaturated/α-hetero) is 1. The molecule has 5 aromatic carbocycles. The molecule has 0 saturated heterocycles. The lowest BCUT2D eigenvalue weighted by atomic mass is 9.92. The molecule has 0 spiro atoms. The van der Waals surface area contributed by atoms with Gasteiger partial charge in [0.25, 0.3) is 0 Å². The molecule has 7 heteroatoms. The zero-order chi connectivity index (χ0) is 34.9. The molecule has 7 nitrogen and oxygen atoms in total. The molecular formula is C43H39N3O4. The number of ketones is 1. The minimum Gasteiger partial charge on any atom is -0.508 e. The third-order valence-electron chi connectivity index (χ3n) is 8.58. The predicted molar refractivity (Wildman–Crippen MR) is 199 cm³/mol. The highest BCUT2D eigenvalue weighted by molar-refractivity contribution is 6.16. The van der Waals surface area contributed by atoms with Crippen LogP contribution in [0, 0.1) is 6.92 Å². The third kappa shape index (κ3) is 8.88. The van der Waals surface area contributed by atoms with Gasteiger partial charge >= 0.3 is 0 Å². The number of nitrogens with zero attached hydrogens (tertiary/aromatic N) is 1. The number of phenolic OH excluding ortho intramolecular Hbond substituents is 1. The van der Waals surface area contributed by atoms with Crippen molar-refractivity contribution in [2.75, 3.05) is 5.32 Å². The van der Waals surface area contributed by atoms with Crippen molar-refractivity contribution < 1.29 is 19.5 Å². The molecule has 5 aromatic rings. The van der Waals surface area contributed by atoms with Crippen molar-refractivity contribution in [3.8, 4) is 16.9 Å². The molecule has 1 aliphatic heterocycles. The highest BCUT2D eigenvalue weighted by Gasteiger charge is 2.25. The van der Waals surface area contributed by atoms with Crippen LogP contribution >= 0.6 is 0 Å². The summed E-state index contributed by atoms with van der Waals surface area (Å²) in [5.41, 5.74) is 8.87. The molecule has 0 aliphatic carbocycles. The van der Waals surface area contributed by atoms with Gasteiger partial charge in [-0.15, -0.1) is 0 Å². The molecule has 6 rings (SSSR count). The van der Waals surface area contributed by atoms with Crippen LogP contribution in [0.25, 0.3) is 17.2 Å². The van der Waals surface area contributed by atoms with E-state index in [1.807, 2.05) is 61.5 Å². The van der Waals surface area contributed by atoms with Crippen LogP contribution in [0.1, 0.15) is 53.5 Å². The van der Waals surface area contributed by atoms with Gasteiger partial charge in [-0.2, -0.15) is 0 Å². The second-order valence-electron chi connectivity index (χ2n) is 12.5. The molecule has 1 aliphatic rings. The van der Waals surface area contributed by atoms with E-state index >= 15 is 0 Å². The van der Waals surface area contributed by atoms with Crippen LogP contribution in [-0.2, 0) is 20.8 Å². The van der Waals surface area contributed by atoms with E-state index in [-0.39, 0.29) is 42.6 Å². The number of benzene rings is 5. The Morgan fingerprint density at radius 3 is 2.12 bits per heavy atom. The lowest BCUT2D eigenvalue weighted by Gasteiger charge is -2.17. The molecule has 250 valence electrons. The van der Waals surface area contributed by atoms with E-state index in [9.17, 15) is 19.5 Å². The van der Waals surface area contributed by atoms with Crippen LogP contribution in [0.3, 0.4) is 0 Å². The Morgan fingerprint density at radius 1 is 0.760 bits per heavy atom. The second kappa shape index (κ2) is 15.9. The number of nitrogens with one attached hydrogen (secondary N) is 2. The van der Waals surface area contributed by atoms with Gasteiger partial charge in [0, 0.05) is 36.1 Å². The first-order chi connectivity index (χ1) is 24.3. The van der Waals surface area contributed by atoms with Gasteiger partial charge in [0.2, 0.25) is 11.8 Å². The number of carbonyl (C=O) groups is 3. The SMILES string of the molecule is Cc1ccc2c(c1)/C(c1ccc(O)cc1)=N\C(NC(=O)CCCC(=O)Nc1ccccc1)C(=O)C/C(Cc1ccc(-c3ccccc3)cc1)=C/2. The monoisotopic (exact) mass is 661 g/mol. The van der Waals surface area contributed by atoms with E-state index in [0.717, 1.165) is 39.0 Å². The maximum Gasteiger partial charge on any atom is 0.224 e. The second-order valence-corrected chi connectivity index (χ2v) is 12.5. The maximum atomic E-state index is 14.1. The Morgan fingerprint density at radius 2 is 1.40 bits per heavy atom. The van der Waals surface area contributed by atoms with Crippen molar-refractivity contribution in [3.63, 3.8) is 0 Å². The molecule has 0 radical (unpaired) electrons. The molecule has 0 fully saturated rings. The average molecular weight is 662 g/mol. The number of fused-ring (bicyclic) bond motifs is 1. The quantitative estimate of drug-likeness (QED) is 0.141. The summed E-state index contributed by atoms with van der Waals surface area (Å²) >= 11 is 0. The fourth-order valence-electron chi connectivity index (χ4n) is 6.03. The largest absolute Gasteiger partial charge is 0.508 e. The lowest BCUT2D eigenvalue weighted by Crippen LogP contribution is -2.40. The van der Waals surface area contributed by atoms with Gasteiger partial charge in [0.1, 0.15) is 5.75 Å². The van der Waals surface area contributed by atoms with Crippen molar-refractivity contribution >= 4 is 35.1 Å². The zero-order valence-electron chi connectivity index (χ0n) is 27.9. The van der Waals surface area contributed by atoms with Gasteiger partial charge in [-0.05, 0) is 84.5 Å². The minimum atomic E-state index is -1.15. The smallest absolute Gasteiger partial charge is 0.224 e. The fourth-order valence-corrected chi connectivity index (χ4v) is 6.03. The van der Waals surface area contributed by atoms with E-state index in [2.05, 4.69) is 53.1 Å². The Balaban J connectivity index is 1.27. The van der Waals surface area contributed by atoms with Crippen molar-refractivity contribution in [2.24, 2.45) is 4.99 Å². The number of para-hydroxylation sites is 1. The summed E-state index contributed by atoms with van der Waals surface area (Å²) in [6, 6.07) is 40.5. The molecular weight excluding hydrogens is 622 g/mol. The third-order valence-corrected chi connectivity index (χ3v) is 8.58. The van der Waals surface area contributed by atoms with Gasteiger partial charge in [0.05, 0.1) is 5.71 Å². The maximum absolute atomic E-state index is 14.1. The van der Waals surface area contributed by atoms with Crippen molar-refractivity contribution in [3.05, 3.63) is 161 Å². The lowest BCUT2D eigenvalue weighted by molar-refractivity contribution is -0.127. The Labute approximate surface area is 292 Å². The number of amides is 2. The molecule has 0 aromatic heterocycles. The summed E-state index contributed by atoms with van der Waals surface area (Å²) in [7, 11) is 0. The van der Waals surface area contributed by atoms with Gasteiger partial charge in [-0.25, -0.2) is 0 Å².